The van der Waals surface area contributed by atoms with Crippen molar-refractivity contribution in [1.82, 2.24) is 0 Å². The molecule has 0 atom stereocenters. The van der Waals surface area contributed by atoms with Gasteiger partial charge < -0.3 is 10.1 Å². The maximum Gasteiger partial charge on any atom is 0.306 e. The Hall–Kier alpha value is -2.27. The maximum atomic E-state index is 11.9. The number of esters is 1. The van der Waals surface area contributed by atoms with E-state index in [0.29, 0.717) is 9.21 Å². The van der Waals surface area contributed by atoms with Gasteiger partial charge in [0.1, 0.15) is 0 Å². The summed E-state index contributed by atoms with van der Waals surface area (Å²) in [6.45, 7) is -0.572. The Kier molecular flexibility index (Phi) is 7.08. The molecule has 0 aliphatic heterocycles. The molecule has 0 aliphatic rings. The molecule has 27 heavy (non-hydrogen) atoms. The minimum Gasteiger partial charge on any atom is -0.456 e. The number of carbonyl (C=O) groups excluding carboxylic acids is 3. The molecule has 1 aromatic heterocycles. The van der Waals surface area contributed by atoms with Crippen LogP contribution in [0.3, 0.4) is 0 Å². The molecule has 0 spiro atoms. The zero-order valence-electron chi connectivity index (χ0n) is 13.8. The number of nitrogens with one attached hydrogen (secondary N) is 1. The molecular formula is C16H15ClN2O6S2. The van der Waals surface area contributed by atoms with Crippen molar-refractivity contribution in [3.8, 4) is 0 Å². The fraction of sp³-hybridized carbons (Fsp3) is 0.188. The second-order valence-corrected chi connectivity index (χ2v) is 8.59. The lowest BCUT2D eigenvalue weighted by molar-refractivity contribution is -0.147. The van der Waals surface area contributed by atoms with Crippen molar-refractivity contribution in [3.05, 3.63) is 45.6 Å². The van der Waals surface area contributed by atoms with Gasteiger partial charge in [-0.15, -0.1) is 11.3 Å². The van der Waals surface area contributed by atoms with Crippen LogP contribution in [-0.2, 0) is 24.3 Å². The van der Waals surface area contributed by atoms with Crippen molar-refractivity contribution < 1.29 is 27.5 Å². The second kappa shape index (κ2) is 9.09. The predicted molar refractivity (Wildman–Crippen MR) is 100 cm³/mol. The number of ether oxygens (including phenoxy) is 1. The standard InChI is InChI=1S/C16H15ClN2O6S2/c17-14-6-5-13(26-14)12(20)4-7-16(22)25-9-15(21)19-10-2-1-3-11(8-10)27(18,23)24/h1-3,5-6,8H,4,7,9H2,(H,19,21)(H2,18,23,24). The molecule has 1 heterocycles. The third kappa shape index (κ3) is 6.75. The lowest BCUT2D eigenvalue weighted by atomic mass is 10.2. The van der Waals surface area contributed by atoms with Gasteiger partial charge in [-0.1, -0.05) is 17.7 Å². The van der Waals surface area contributed by atoms with Gasteiger partial charge in [0.25, 0.3) is 5.91 Å². The predicted octanol–water partition coefficient (Wildman–Crippen LogP) is 2.19. The van der Waals surface area contributed by atoms with Crippen molar-refractivity contribution in [2.45, 2.75) is 17.7 Å². The number of hydrogen-bond acceptors (Lipinski definition) is 7. The van der Waals surface area contributed by atoms with E-state index in [1.165, 1.54) is 24.3 Å². The van der Waals surface area contributed by atoms with E-state index in [1.54, 1.807) is 12.1 Å². The van der Waals surface area contributed by atoms with Crippen molar-refractivity contribution in [3.63, 3.8) is 0 Å². The molecule has 1 amide bonds. The Morgan fingerprint density at radius 3 is 2.52 bits per heavy atom. The third-order valence-electron chi connectivity index (χ3n) is 3.21. The average Bonchev–Trinajstić information content (AvgIpc) is 3.04. The highest BCUT2D eigenvalue weighted by Crippen LogP contribution is 2.23. The number of halogens is 1. The van der Waals surface area contributed by atoms with Crippen molar-refractivity contribution in [2.24, 2.45) is 5.14 Å². The average molecular weight is 431 g/mol. The summed E-state index contributed by atoms with van der Waals surface area (Å²) < 4.78 is 27.8. The summed E-state index contributed by atoms with van der Waals surface area (Å²) >= 11 is 6.86. The zero-order valence-corrected chi connectivity index (χ0v) is 16.2. The number of carbonyl (C=O) groups is 3. The molecule has 0 unspecified atom stereocenters. The summed E-state index contributed by atoms with van der Waals surface area (Å²) in [5, 5.41) is 7.40. The fourth-order valence-electron chi connectivity index (χ4n) is 1.97. The van der Waals surface area contributed by atoms with E-state index in [4.69, 9.17) is 21.5 Å². The number of sulfonamides is 1. The number of anilines is 1. The molecule has 2 aromatic rings. The first-order chi connectivity index (χ1) is 12.6. The quantitative estimate of drug-likeness (QED) is 0.487. The molecule has 144 valence electrons. The van der Waals surface area contributed by atoms with E-state index >= 15 is 0 Å². The van der Waals surface area contributed by atoms with Gasteiger partial charge in [0.15, 0.2) is 12.4 Å². The molecule has 11 heteroatoms. The van der Waals surface area contributed by atoms with E-state index in [9.17, 15) is 22.8 Å². The van der Waals surface area contributed by atoms with Crippen LogP contribution in [0.1, 0.15) is 22.5 Å². The number of hydrogen-bond donors (Lipinski definition) is 2. The highest BCUT2D eigenvalue weighted by atomic mass is 35.5. The third-order valence-corrected chi connectivity index (χ3v) is 5.40. The first kappa shape index (κ1) is 21.0. The van der Waals surface area contributed by atoms with E-state index < -0.39 is 28.5 Å². The monoisotopic (exact) mass is 430 g/mol. The smallest absolute Gasteiger partial charge is 0.306 e. The molecule has 8 nitrogen and oxygen atoms in total. The zero-order chi connectivity index (χ0) is 20.0. The van der Waals surface area contributed by atoms with Crippen LogP contribution in [0.15, 0.2) is 41.3 Å². The summed E-state index contributed by atoms with van der Waals surface area (Å²) in [5.74, 6) is -1.61. The Balaban J connectivity index is 1.78. The Morgan fingerprint density at radius 1 is 1.15 bits per heavy atom. The molecular weight excluding hydrogens is 416 g/mol. The van der Waals surface area contributed by atoms with Gasteiger partial charge in [0.2, 0.25) is 10.0 Å². The highest BCUT2D eigenvalue weighted by Gasteiger charge is 2.14. The van der Waals surface area contributed by atoms with Gasteiger partial charge in [0, 0.05) is 12.1 Å². The first-order valence-electron chi connectivity index (χ1n) is 7.52. The van der Waals surface area contributed by atoms with Crippen LogP contribution in [0, 0.1) is 0 Å². The molecule has 3 N–H and O–H groups in total. The van der Waals surface area contributed by atoms with Crippen LogP contribution in [0.25, 0.3) is 0 Å². The van der Waals surface area contributed by atoms with Gasteiger partial charge in [0.05, 0.1) is 20.5 Å². The van der Waals surface area contributed by atoms with Crippen LogP contribution in [0.2, 0.25) is 4.34 Å². The van der Waals surface area contributed by atoms with Crippen LogP contribution >= 0.6 is 22.9 Å². The number of thiophene rings is 1. The Labute approximate surface area is 164 Å². The SMILES string of the molecule is NS(=O)(=O)c1cccc(NC(=O)COC(=O)CCC(=O)c2ccc(Cl)s2)c1. The maximum absolute atomic E-state index is 11.9. The summed E-state index contributed by atoms with van der Waals surface area (Å²) in [5.41, 5.74) is 0.187. The molecule has 0 aliphatic carbocycles. The van der Waals surface area contributed by atoms with E-state index in [1.807, 2.05) is 0 Å². The number of nitrogens with two attached hydrogens (primary N) is 1. The normalized spacial score (nSPS) is 11.0. The van der Waals surface area contributed by atoms with Gasteiger partial charge in [-0.05, 0) is 30.3 Å². The summed E-state index contributed by atoms with van der Waals surface area (Å²) in [7, 11) is -3.90. The van der Waals surface area contributed by atoms with Gasteiger partial charge in [-0.3, -0.25) is 14.4 Å². The Bertz CT molecular complexity index is 971. The highest BCUT2D eigenvalue weighted by molar-refractivity contribution is 7.89. The minimum absolute atomic E-state index is 0.0618. The summed E-state index contributed by atoms with van der Waals surface area (Å²) in [6, 6.07) is 8.49. The lowest BCUT2D eigenvalue weighted by Gasteiger charge is -2.07. The number of rotatable bonds is 8. The summed E-state index contributed by atoms with van der Waals surface area (Å²) in [4.78, 5) is 35.6. The molecule has 0 saturated carbocycles. The van der Waals surface area contributed by atoms with E-state index in [-0.39, 0.29) is 29.2 Å². The lowest BCUT2D eigenvalue weighted by Crippen LogP contribution is -2.21. The molecule has 0 saturated heterocycles. The van der Waals surface area contributed by atoms with Gasteiger partial charge >= 0.3 is 5.97 Å². The number of primary sulfonamides is 1. The second-order valence-electron chi connectivity index (χ2n) is 5.31. The van der Waals surface area contributed by atoms with Crippen LogP contribution in [0.5, 0.6) is 0 Å². The number of amides is 1. The number of ketones is 1. The van der Waals surface area contributed by atoms with Crippen LogP contribution < -0.4 is 10.5 Å². The Morgan fingerprint density at radius 2 is 1.89 bits per heavy atom. The molecule has 1 aromatic carbocycles. The topological polar surface area (TPSA) is 133 Å². The molecule has 0 bridgehead atoms. The van der Waals surface area contributed by atoms with Gasteiger partial charge in [-0.2, -0.15) is 0 Å². The van der Waals surface area contributed by atoms with E-state index in [0.717, 1.165) is 11.3 Å². The molecule has 2 rings (SSSR count). The van der Waals surface area contributed by atoms with Crippen molar-refractivity contribution in [2.75, 3.05) is 11.9 Å². The largest absolute Gasteiger partial charge is 0.456 e. The molecule has 0 fully saturated rings. The fourth-order valence-corrected chi connectivity index (χ4v) is 3.54. The van der Waals surface area contributed by atoms with Crippen LogP contribution in [-0.4, -0.2) is 32.7 Å². The molecule has 0 radical (unpaired) electrons. The van der Waals surface area contributed by atoms with E-state index in [2.05, 4.69) is 5.32 Å². The van der Waals surface area contributed by atoms with Crippen molar-refractivity contribution in [1.29, 1.82) is 0 Å². The number of benzene rings is 1. The van der Waals surface area contributed by atoms with Crippen molar-refractivity contribution >= 4 is 56.3 Å². The first-order valence-corrected chi connectivity index (χ1v) is 10.3. The van der Waals surface area contributed by atoms with Crippen LogP contribution in [0.4, 0.5) is 5.69 Å². The minimum atomic E-state index is -3.90. The summed E-state index contributed by atoms with van der Waals surface area (Å²) in [6.07, 6.45) is -0.240. The number of Topliss-reactive ketones (excluding diaryl/α,β-unsaturated/α-hetero) is 1. The van der Waals surface area contributed by atoms with Gasteiger partial charge in [-0.25, -0.2) is 13.6 Å².